The first-order valence-corrected chi connectivity index (χ1v) is 6.65. The summed E-state index contributed by atoms with van der Waals surface area (Å²) < 4.78 is 0. The zero-order chi connectivity index (χ0) is 14.3. The third-order valence-electron chi connectivity index (χ3n) is 2.77. The van der Waals surface area contributed by atoms with Crippen LogP contribution in [0.15, 0.2) is 18.2 Å². The molecule has 0 fully saturated rings. The van der Waals surface area contributed by atoms with Crippen LogP contribution in [0.2, 0.25) is 0 Å². The summed E-state index contributed by atoms with van der Waals surface area (Å²) in [6.45, 7) is 4.51. The molecule has 5 nitrogen and oxygen atoms in total. The van der Waals surface area contributed by atoms with Gasteiger partial charge in [-0.3, -0.25) is 4.79 Å². The molecule has 19 heavy (non-hydrogen) atoms. The van der Waals surface area contributed by atoms with Gasteiger partial charge in [-0.05, 0) is 46.1 Å². The third kappa shape index (κ3) is 5.26. The molecule has 106 valence electrons. The number of hydrogen-bond acceptors (Lipinski definition) is 4. The molecule has 1 N–H and O–H groups in total. The lowest BCUT2D eigenvalue weighted by Crippen LogP contribution is -2.30. The highest BCUT2D eigenvalue weighted by Gasteiger charge is 2.13. The molecule has 0 unspecified atom stereocenters. The van der Waals surface area contributed by atoms with E-state index >= 15 is 0 Å². The second-order valence-corrected chi connectivity index (χ2v) is 4.82. The van der Waals surface area contributed by atoms with Crippen LogP contribution in [0, 0.1) is 0 Å². The van der Waals surface area contributed by atoms with Crippen LogP contribution in [-0.4, -0.2) is 61.5 Å². The highest BCUT2D eigenvalue weighted by molar-refractivity contribution is 5.92. The number of hydrogen-bond donors (Lipinski definition) is 1. The Bertz CT molecular complexity index is 406. The summed E-state index contributed by atoms with van der Waals surface area (Å²) in [5.41, 5.74) is 0.491. The summed E-state index contributed by atoms with van der Waals surface area (Å²) >= 11 is 0. The van der Waals surface area contributed by atoms with E-state index in [2.05, 4.69) is 15.2 Å². The fourth-order valence-corrected chi connectivity index (χ4v) is 1.75. The highest BCUT2D eigenvalue weighted by Crippen LogP contribution is 2.07. The van der Waals surface area contributed by atoms with E-state index in [4.69, 9.17) is 0 Å². The molecule has 1 heterocycles. The smallest absolute Gasteiger partial charge is 0.272 e. The van der Waals surface area contributed by atoms with Gasteiger partial charge in [-0.2, -0.15) is 0 Å². The van der Waals surface area contributed by atoms with E-state index in [1.807, 2.05) is 40.2 Å². The first-order chi connectivity index (χ1) is 9.04. The van der Waals surface area contributed by atoms with Gasteiger partial charge in [-0.1, -0.05) is 6.07 Å². The minimum Gasteiger partial charge on any atom is -0.370 e. The third-order valence-corrected chi connectivity index (χ3v) is 2.77. The maximum Gasteiger partial charge on any atom is 0.272 e. The topological polar surface area (TPSA) is 48.5 Å². The van der Waals surface area contributed by atoms with Crippen molar-refractivity contribution in [3.63, 3.8) is 0 Å². The zero-order valence-corrected chi connectivity index (χ0v) is 12.3. The van der Waals surface area contributed by atoms with Gasteiger partial charge in [0.05, 0.1) is 0 Å². The molecule has 0 atom stereocenters. The molecule has 0 spiro atoms. The number of pyridine rings is 1. The van der Waals surface area contributed by atoms with Crippen molar-refractivity contribution < 1.29 is 4.79 Å². The number of aromatic nitrogens is 1. The van der Waals surface area contributed by atoms with Crippen molar-refractivity contribution in [1.82, 2.24) is 14.8 Å². The largest absolute Gasteiger partial charge is 0.370 e. The van der Waals surface area contributed by atoms with Gasteiger partial charge in [0.1, 0.15) is 11.5 Å². The molecule has 0 bridgehead atoms. The number of carbonyl (C=O) groups excluding carboxylic acids is 1. The number of nitrogens with zero attached hydrogens (tertiary/aromatic N) is 3. The normalized spacial score (nSPS) is 10.6. The van der Waals surface area contributed by atoms with Crippen molar-refractivity contribution in [3.05, 3.63) is 23.9 Å². The summed E-state index contributed by atoms with van der Waals surface area (Å²) in [4.78, 5) is 20.4. The van der Waals surface area contributed by atoms with Gasteiger partial charge in [-0.25, -0.2) is 4.98 Å². The van der Waals surface area contributed by atoms with Crippen LogP contribution in [-0.2, 0) is 0 Å². The molecule has 1 rings (SSSR count). The summed E-state index contributed by atoms with van der Waals surface area (Å²) in [5.74, 6) is 0.716. The Hall–Kier alpha value is -1.62. The molecular formula is C14H24N4O. The Morgan fingerprint density at radius 3 is 2.63 bits per heavy atom. The van der Waals surface area contributed by atoms with E-state index in [1.54, 1.807) is 11.0 Å². The van der Waals surface area contributed by atoms with Gasteiger partial charge in [0.25, 0.3) is 5.91 Å². The highest BCUT2D eigenvalue weighted by atomic mass is 16.2. The van der Waals surface area contributed by atoms with Crippen molar-refractivity contribution in [3.8, 4) is 0 Å². The summed E-state index contributed by atoms with van der Waals surface area (Å²) in [7, 11) is 5.88. The first kappa shape index (κ1) is 15.4. The van der Waals surface area contributed by atoms with Crippen LogP contribution < -0.4 is 5.32 Å². The van der Waals surface area contributed by atoms with Crippen LogP contribution in [0.25, 0.3) is 0 Å². The van der Waals surface area contributed by atoms with E-state index in [1.165, 1.54) is 0 Å². The van der Waals surface area contributed by atoms with Crippen LogP contribution in [0.1, 0.15) is 23.8 Å². The molecule has 0 aliphatic heterocycles. The fraction of sp³-hybridized carbons (Fsp3) is 0.571. The lowest BCUT2D eigenvalue weighted by Gasteiger charge is -2.18. The zero-order valence-electron chi connectivity index (χ0n) is 12.3. The summed E-state index contributed by atoms with van der Waals surface area (Å²) in [5, 5.41) is 3.11. The van der Waals surface area contributed by atoms with Gasteiger partial charge in [0.15, 0.2) is 0 Å². The van der Waals surface area contributed by atoms with E-state index < -0.39 is 0 Å². The van der Waals surface area contributed by atoms with Crippen molar-refractivity contribution in [1.29, 1.82) is 0 Å². The monoisotopic (exact) mass is 264 g/mol. The SMILES string of the molecule is CCNc1cccc(C(=O)N(C)CCCN(C)C)n1. The molecule has 1 aromatic heterocycles. The standard InChI is InChI=1S/C14H24N4O/c1-5-15-13-9-6-8-12(16-13)14(19)18(4)11-7-10-17(2)3/h6,8-9H,5,7,10-11H2,1-4H3,(H,15,16). The van der Waals surface area contributed by atoms with Gasteiger partial charge in [0, 0.05) is 20.1 Å². The lowest BCUT2D eigenvalue weighted by atomic mass is 10.3. The van der Waals surface area contributed by atoms with Crippen LogP contribution in [0.4, 0.5) is 5.82 Å². The number of nitrogens with one attached hydrogen (secondary N) is 1. The quantitative estimate of drug-likeness (QED) is 0.811. The van der Waals surface area contributed by atoms with E-state index in [0.29, 0.717) is 5.69 Å². The van der Waals surface area contributed by atoms with E-state index in [0.717, 1.165) is 31.9 Å². The van der Waals surface area contributed by atoms with Crippen molar-refractivity contribution in [2.45, 2.75) is 13.3 Å². The molecule has 0 saturated heterocycles. The molecular weight excluding hydrogens is 240 g/mol. The number of anilines is 1. The summed E-state index contributed by atoms with van der Waals surface area (Å²) in [6.07, 6.45) is 0.960. The molecule has 1 aromatic rings. The second-order valence-electron chi connectivity index (χ2n) is 4.82. The van der Waals surface area contributed by atoms with E-state index in [9.17, 15) is 4.79 Å². The average molecular weight is 264 g/mol. The molecule has 0 radical (unpaired) electrons. The molecule has 1 amide bonds. The Kier molecular flexibility index (Phi) is 6.29. The fourth-order valence-electron chi connectivity index (χ4n) is 1.75. The van der Waals surface area contributed by atoms with E-state index in [-0.39, 0.29) is 5.91 Å². The van der Waals surface area contributed by atoms with Crippen LogP contribution in [0.5, 0.6) is 0 Å². The molecule has 0 saturated carbocycles. The predicted octanol–water partition coefficient (Wildman–Crippen LogP) is 1.54. The number of amides is 1. The number of carbonyl (C=O) groups is 1. The van der Waals surface area contributed by atoms with Gasteiger partial charge in [-0.15, -0.1) is 0 Å². The predicted molar refractivity (Wildman–Crippen MR) is 78.5 cm³/mol. The molecule has 0 aliphatic carbocycles. The second kappa shape index (κ2) is 7.74. The average Bonchev–Trinajstić information content (AvgIpc) is 2.38. The maximum absolute atomic E-state index is 12.2. The van der Waals surface area contributed by atoms with Gasteiger partial charge in [0.2, 0.25) is 0 Å². The Balaban J connectivity index is 2.58. The minimum atomic E-state index is -0.0292. The first-order valence-electron chi connectivity index (χ1n) is 6.65. The Morgan fingerprint density at radius 1 is 1.26 bits per heavy atom. The van der Waals surface area contributed by atoms with Crippen molar-refractivity contribution >= 4 is 11.7 Å². The van der Waals surface area contributed by atoms with Crippen LogP contribution in [0.3, 0.4) is 0 Å². The lowest BCUT2D eigenvalue weighted by molar-refractivity contribution is 0.0785. The molecule has 0 aliphatic rings. The van der Waals surface area contributed by atoms with Crippen molar-refractivity contribution in [2.75, 3.05) is 46.1 Å². The Labute approximate surface area is 115 Å². The van der Waals surface area contributed by atoms with Crippen LogP contribution >= 0.6 is 0 Å². The molecule has 5 heteroatoms. The number of rotatable bonds is 7. The Morgan fingerprint density at radius 2 is 2.00 bits per heavy atom. The molecule has 0 aromatic carbocycles. The van der Waals surface area contributed by atoms with Gasteiger partial charge < -0.3 is 15.1 Å². The minimum absolute atomic E-state index is 0.0292. The summed E-state index contributed by atoms with van der Waals surface area (Å²) in [6, 6.07) is 5.48. The van der Waals surface area contributed by atoms with Crippen molar-refractivity contribution in [2.24, 2.45) is 0 Å². The maximum atomic E-state index is 12.2. The van der Waals surface area contributed by atoms with Gasteiger partial charge >= 0.3 is 0 Å².